The second-order valence-corrected chi connectivity index (χ2v) is 8.46. The average Bonchev–Trinajstić information content (AvgIpc) is 3.22. The molecule has 2 aliphatic rings. The zero-order chi connectivity index (χ0) is 23.4. The summed E-state index contributed by atoms with van der Waals surface area (Å²) in [5.74, 6) is 0.613. The molecule has 1 saturated heterocycles. The van der Waals surface area contributed by atoms with Crippen LogP contribution in [-0.2, 0) is 20.9 Å². The molecular formula is C26H30N2O5. The van der Waals surface area contributed by atoms with Gasteiger partial charge in [0.25, 0.3) is 5.91 Å². The third-order valence-corrected chi connectivity index (χ3v) is 5.99. The highest BCUT2D eigenvalue weighted by atomic mass is 16.5. The van der Waals surface area contributed by atoms with Crippen molar-refractivity contribution in [3.8, 4) is 5.75 Å². The van der Waals surface area contributed by atoms with Crippen LogP contribution in [0.4, 0.5) is 0 Å². The van der Waals surface area contributed by atoms with Crippen LogP contribution in [0.2, 0.25) is 0 Å². The van der Waals surface area contributed by atoms with Crippen molar-refractivity contribution < 1.29 is 24.2 Å². The van der Waals surface area contributed by atoms with Crippen LogP contribution in [-0.4, -0.2) is 54.1 Å². The average molecular weight is 451 g/mol. The highest BCUT2D eigenvalue weighted by Crippen LogP contribution is 2.34. The van der Waals surface area contributed by atoms with Crippen LogP contribution in [0, 0.1) is 0 Å². The van der Waals surface area contributed by atoms with Crippen LogP contribution in [0.25, 0.3) is 5.76 Å². The molecule has 4 rings (SSSR count). The van der Waals surface area contributed by atoms with Crippen LogP contribution in [0.15, 0.2) is 54.1 Å². The van der Waals surface area contributed by atoms with Crippen molar-refractivity contribution in [3.05, 3.63) is 70.8 Å². The number of amides is 1. The van der Waals surface area contributed by atoms with E-state index >= 15 is 0 Å². The van der Waals surface area contributed by atoms with E-state index in [4.69, 9.17) is 9.47 Å². The summed E-state index contributed by atoms with van der Waals surface area (Å²) in [6.45, 7) is 6.11. The summed E-state index contributed by atoms with van der Waals surface area (Å²) in [5.41, 5.74) is 2.91. The third kappa shape index (κ3) is 5.26. The number of para-hydroxylation sites is 1. The van der Waals surface area contributed by atoms with Gasteiger partial charge in [0.1, 0.15) is 24.2 Å². The van der Waals surface area contributed by atoms with Crippen LogP contribution in [0.1, 0.15) is 43.0 Å². The number of nitrogens with zero attached hydrogens (tertiary/aromatic N) is 1. The van der Waals surface area contributed by atoms with Crippen molar-refractivity contribution in [2.24, 2.45) is 0 Å². The maximum atomic E-state index is 13.2. The molecule has 174 valence electrons. The number of aliphatic hydroxyl groups excluding tert-OH is 1. The number of fused-ring (bicyclic) bond motifs is 1. The number of hydrogen-bond donors (Lipinski definition) is 2. The first-order chi connectivity index (χ1) is 16.0. The number of β-amino-alcohol motifs (C(OH)–C–C–N with tert-alkyl or cyclic N) is 1. The van der Waals surface area contributed by atoms with Gasteiger partial charge in [0.2, 0.25) is 0 Å². The van der Waals surface area contributed by atoms with Crippen molar-refractivity contribution in [3.63, 3.8) is 0 Å². The Morgan fingerprint density at radius 3 is 2.64 bits per heavy atom. The molecule has 33 heavy (non-hydrogen) atoms. The minimum Gasteiger partial charge on any atom is -0.492 e. The lowest BCUT2D eigenvalue weighted by molar-refractivity contribution is -0.125. The van der Waals surface area contributed by atoms with Gasteiger partial charge < -0.3 is 19.9 Å². The monoisotopic (exact) mass is 450 g/mol. The molecule has 0 bridgehead atoms. The predicted molar refractivity (Wildman–Crippen MR) is 124 cm³/mol. The number of Topliss-reactive ketones (excluding diaryl/α,β-unsaturated/α-hetero) is 1. The molecule has 1 fully saturated rings. The number of nitrogens with one attached hydrogen (secondary N) is 1. The summed E-state index contributed by atoms with van der Waals surface area (Å²) in [4.78, 5) is 27.8. The molecule has 1 amide bonds. The SMILES string of the molecule is CCOC1=C(C(=O)NC(C(C)=O)c2ccc(CN3CC[C@H](O)C3)cc2)COc2ccccc21. The highest BCUT2D eigenvalue weighted by Gasteiger charge is 2.29. The molecule has 2 aromatic rings. The first kappa shape index (κ1) is 23.0. The Morgan fingerprint density at radius 2 is 1.97 bits per heavy atom. The van der Waals surface area contributed by atoms with E-state index in [0.717, 1.165) is 36.2 Å². The van der Waals surface area contributed by atoms with Gasteiger partial charge in [-0.2, -0.15) is 0 Å². The molecule has 0 aliphatic carbocycles. The van der Waals surface area contributed by atoms with E-state index in [0.29, 0.717) is 30.2 Å². The number of rotatable bonds is 8. The number of carbonyl (C=O) groups excluding carboxylic acids is 2. The van der Waals surface area contributed by atoms with Gasteiger partial charge in [-0.15, -0.1) is 0 Å². The van der Waals surface area contributed by atoms with Crippen molar-refractivity contribution in [1.82, 2.24) is 10.2 Å². The molecule has 0 saturated carbocycles. The molecule has 2 atom stereocenters. The van der Waals surface area contributed by atoms with Gasteiger partial charge in [-0.05, 0) is 43.5 Å². The number of likely N-dealkylation sites (tertiary alicyclic amines) is 1. The van der Waals surface area contributed by atoms with Gasteiger partial charge in [-0.3, -0.25) is 14.5 Å². The molecule has 0 radical (unpaired) electrons. The summed E-state index contributed by atoms with van der Waals surface area (Å²) in [6, 6.07) is 14.3. The van der Waals surface area contributed by atoms with Crippen LogP contribution in [0.5, 0.6) is 5.75 Å². The normalized spacial score (nSPS) is 18.9. The number of aliphatic hydroxyl groups is 1. The summed E-state index contributed by atoms with van der Waals surface area (Å²) in [7, 11) is 0. The van der Waals surface area contributed by atoms with E-state index in [1.165, 1.54) is 6.92 Å². The molecule has 2 aliphatic heterocycles. The Morgan fingerprint density at radius 1 is 1.21 bits per heavy atom. The maximum Gasteiger partial charge on any atom is 0.255 e. The zero-order valence-corrected chi connectivity index (χ0v) is 19.0. The lowest BCUT2D eigenvalue weighted by Crippen LogP contribution is -2.36. The van der Waals surface area contributed by atoms with Gasteiger partial charge in [-0.1, -0.05) is 36.4 Å². The molecule has 1 unspecified atom stereocenters. The number of ether oxygens (including phenoxy) is 2. The van der Waals surface area contributed by atoms with E-state index < -0.39 is 6.04 Å². The first-order valence-electron chi connectivity index (χ1n) is 11.3. The predicted octanol–water partition coefficient (Wildman–Crippen LogP) is 2.84. The number of benzene rings is 2. The van der Waals surface area contributed by atoms with Gasteiger partial charge >= 0.3 is 0 Å². The van der Waals surface area contributed by atoms with Gasteiger partial charge in [-0.25, -0.2) is 0 Å². The number of ketones is 1. The molecule has 7 nitrogen and oxygen atoms in total. The standard InChI is InChI=1S/C26H30N2O5/c1-3-32-25-21-6-4-5-7-23(21)33-16-22(25)26(31)27-24(17(2)29)19-10-8-18(9-11-19)14-28-13-12-20(30)15-28/h4-11,20,24,30H,3,12-16H2,1-2H3,(H,27,31)/t20-,24?/m0/s1. The topological polar surface area (TPSA) is 88.1 Å². The van der Waals surface area contributed by atoms with E-state index in [9.17, 15) is 14.7 Å². The molecule has 2 N–H and O–H groups in total. The van der Waals surface area contributed by atoms with Crippen molar-refractivity contribution in [2.75, 3.05) is 26.3 Å². The van der Waals surface area contributed by atoms with Gasteiger partial charge in [0, 0.05) is 19.6 Å². The Kier molecular flexibility index (Phi) is 7.11. The molecule has 0 spiro atoms. The smallest absolute Gasteiger partial charge is 0.255 e. The van der Waals surface area contributed by atoms with E-state index in [1.54, 1.807) is 0 Å². The fourth-order valence-electron chi connectivity index (χ4n) is 4.30. The largest absolute Gasteiger partial charge is 0.492 e. The molecule has 7 heteroatoms. The number of carbonyl (C=O) groups is 2. The zero-order valence-electron chi connectivity index (χ0n) is 19.0. The minimum absolute atomic E-state index is 0.0728. The molecule has 0 aromatic heterocycles. The van der Waals surface area contributed by atoms with E-state index in [1.807, 2.05) is 55.5 Å². The summed E-state index contributed by atoms with van der Waals surface area (Å²) >= 11 is 0. The maximum absolute atomic E-state index is 13.2. The lowest BCUT2D eigenvalue weighted by Gasteiger charge is -2.25. The highest BCUT2D eigenvalue weighted by molar-refractivity contribution is 6.03. The fourth-order valence-corrected chi connectivity index (χ4v) is 4.30. The quantitative estimate of drug-likeness (QED) is 0.643. The van der Waals surface area contributed by atoms with Crippen LogP contribution in [0.3, 0.4) is 0 Å². The second-order valence-electron chi connectivity index (χ2n) is 8.46. The molecular weight excluding hydrogens is 420 g/mol. The van der Waals surface area contributed by atoms with Gasteiger partial charge in [0.15, 0.2) is 5.78 Å². The van der Waals surface area contributed by atoms with Crippen molar-refractivity contribution in [2.45, 2.75) is 39.0 Å². The summed E-state index contributed by atoms with van der Waals surface area (Å²) in [5, 5.41) is 12.6. The fraction of sp³-hybridized carbons (Fsp3) is 0.385. The first-order valence-corrected chi connectivity index (χ1v) is 11.3. The lowest BCUT2D eigenvalue weighted by atomic mass is 10.00. The van der Waals surface area contributed by atoms with Crippen LogP contribution >= 0.6 is 0 Å². The molecule has 2 heterocycles. The van der Waals surface area contributed by atoms with E-state index in [-0.39, 0.29) is 24.4 Å². The second kappa shape index (κ2) is 10.2. The Balaban J connectivity index is 1.52. The summed E-state index contributed by atoms with van der Waals surface area (Å²) < 4.78 is 11.6. The van der Waals surface area contributed by atoms with E-state index in [2.05, 4.69) is 10.2 Å². The Labute approximate surface area is 194 Å². The van der Waals surface area contributed by atoms with Crippen LogP contribution < -0.4 is 10.1 Å². The Bertz CT molecular complexity index is 1050. The molecule has 2 aromatic carbocycles. The van der Waals surface area contributed by atoms with Crippen molar-refractivity contribution >= 4 is 17.4 Å². The number of hydrogen-bond acceptors (Lipinski definition) is 6. The van der Waals surface area contributed by atoms with Gasteiger partial charge in [0.05, 0.1) is 23.8 Å². The summed E-state index contributed by atoms with van der Waals surface area (Å²) in [6.07, 6.45) is 0.540. The minimum atomic E-state index is -0.771. The third-order valence-electron chi connectivity index (χ3n) is 5.99. The van der Waals surface area contributed by atoms with Crippen molar-refractivity contribution in [1.29, 1.82) is 0 Å². The Hall–Kier alpha value is -3.16.